The summed E-state index contributed by atoms with van der Waals surface area (Å²) in [6.07, 6.45) is 5.17. The number of fused-ring (bicyclic) bond motifs is 1. The maximum atomic E-state index is 13.4. The molecule has 2 rings (SSSR count). The number of likely N-dealkylation sites (N-methyl/N-ethyl adjacent to an activating group) is 2. The molecule has 0 unspecified atom stereocenters. The molecule has 0 bridgehead atoms. The number of ether oxygens (including phenoxy) is 4. The van der Waals surface area contributed by atoms with Crippen molar-refractivity contribution in [3.05, 3.63) is 0 Å². The fourth-order valence-corrected chi connectivity index (χ4v) is 12.6. The first kappa shape index (κ1) is 94.5. The second-order valence-corrected chi connectivity index (χ2v) is 26.8. The molecule has 106 heavy (non-hydrogen) atoms. The van der Waals surface area contributed by atoms with Gasteiger partial charge in [-0.25, -0.2) is 4.79 Å². The van der Waals surface area contributed by atoms with Gasteiger partial charge in [0.2, 0.25) is 65.0 Å². The van der Waals surface area contributed by atoms with Crippen molar-refractivity contribution in [3.8, 4) is 0 Å². The number of hydrogen-bond donors (Lipinski definition) is 19. The Bertz CT molecular complexity index is 2750. The van der Waals surface area contributed by atoms with Crippen molar-refractivity contribution in [2.75, 3.05) is 132 Å². The molecule has 2 aliphatic rings. The molecule has 0 aliphatic carbocycles. The first-order valence-corrected chi connectivity index (χ1v) is 37.4. The average molecular weight is 1530 g/mol. The normalized spacial score (nSPS) is 16.4. The molecule has 0 aromatic carbocycles. The standard InChI is InChI=1S/C67H117N15O23S/c1-70-45(62(68)96)14-7-10-24-74-64(98)43(35-44(87)40-104-33-31-103-30-28-73-60(95)41-105-34-32-102-29-27-72-55(90)17-5-3-4-16-54-61-51(42-106-54)81-67(101)82-61)13-6-9-25-75-65(99)49(38-85)79-58(93)22-20-52(88)47(36-83)77-56(91)18-12-19-57(92)78-48(37-84)53(89)21-23-59(94)80-50(39-86)66(100)76-26-11-8-15-46(71-2)63(69)97/h43,45-51,54,61,70-71,83-86H,3-42H2,1-2H3,(H2,68,96)(H2,69,97)(H,72,90)(H,73,95)(H,74,98)(H,75,99)(H,76,100)(H,77,91)(H,78,92)(H,79,93)(H,80,94)(H2,81,82,101)/t43-,45+,46+,47+,48+,49+,50+,51+,54+,61+/m1/s1. The fourth-order valence-electron chi connectivity index (χ4n) is 11.1. The molecule has 0 aromatic heterocycles. The van der Waals surface area contributed by atoms with Crippen molar-refractivity contribution >= 4 is 100 Å². The van der Waals surface area contributed by atoms with Crippen LogP contribution in [-0.2, 0) is 86.1 Å². The molecule has 2 fully saturated rings. The van der Waals surface area contributed by atoms with Crippen molar-refractivity contribution < 1.29 is 111 Å². The number of nitrogens with two attached hydrogens (primary N) is 2. The summed E-state index contributed by atoms with van der Waals surface area (Å²) in [5.41, 5.74) is 10.7. The quantitative estimate of drug-likeness (QED) is 0.0199. The van der Waals surface area contributed by atoms with E-state index in [1.807, 2.05) is 11.8 Å². The average Bonchev–Trinajstić information content (AvgIpc) is 1.67. The lowest BCUT2D eigenvalue weighted by Gasteiger charge is -2.18. The Balaban J connectivity index is 1.65. The van der Waals surface area contributed by atoms with Crippen LogP contribution in [0.25, 0.3) is 0 Å². The smallest absolute Gasteiger partial charge is 0.315 e. The van der Waals surface area contributed by atoms with Gasteiger partial charge in [-0.1, -0.05) is 19.3 Å². The molecule has 2 heterocycles. The lowest BCUT2D eigenvalue weighted by atomic mass is 9.95. The van der Waals surface area contributed by atoms with E-state index < -0.39 is 159 Å². The molecular weight excluding hydrogens is 1410 g/mol. The number of urea groups is 1. The summed E-state index contributed by atoms with van der Waals surface area (Å²) in [6.45, 7) is -1.75. The molecule has 2 saturated heterocycles. The van der Waals surface area contributed by atoms with Crippen molar-refractivity contribution in [2.24, 2.45) is 17.4 Å². The molecule has 0 radical (unpaired) electrons. The van der Waals surface area contributed by atoms with Gasteiger partial charge in [0.1, 0.15) is 37.4 Å². The Morgan fingerprint density at radius 1 is 0.434 bits per heavy atom. The maximum absolute atomic E-state index is 13.4. The van der Waals surface area contributed by atoms with Crippen LogP contribution in [0.2, 0.25) is 0 Å². The fraction of sp³-hybridized carbons (Fsp3) is 0.776. The largest absolute Gasteiger partial charge is 0.394 e. The topological polar surface area (TPSA) is 582 Å². The van der Waals surface area contributed by atoms with Crippen molar-refractivity contribution in [1.29, 1.82) is 0 Å². The number of carbonyl (C=O) groups excluding carboxylic acids is 15. The van der Waals surface area contributed by atoms with E-state index in [1.165, 1.54) is 0 Å². The predicted molar refractivity (Wildman–Crippen MR) is 384 cm³/mol. The lowest BCUT2D eigenvalue weighted by molar-refractivity contribution is -0.132. The number of hydrogen-bond acceptors (Lipinski definition) is 26. The third-order valence-corrected chi connectivity index (χ3v) is 18.6. The third-order valence-electron chi connectivity index (χ3n) is 17.1. The Morgan fingerprint density at radius 2 is 0.868 bits per heavy atom. The second-order valence-electron chi connectivity index (χ2n) is 25.5. The molecule has 2 aliphatic heterocycles. The highest BCUT2D eigenvalue weighted by Crippen LogP contribution is 2.33. The minimum absolute atomic E-state index is 0.0423. The lowest BCUT2D eigenvalue weighted by Crippen LogP contribution is -2.49. The summed E-state index contributed by atoms with van der Waals surface area (Å²) in [6, 6.07) is -6.40. The van der Waals surface area contributed by atoms with E-state index >= 15 is 0 Å². The number of nitrogens with one attached hydrogen (secondary N) is 13. The van der Waals surface area contributed by atoms with Gasteiger partial charge in [-0.2, -0.15) is 11.8 Å². The van der Waals surface area contributed by atoms with Gasteiger partial charge in [0, 0.05) is 101 Å². The zero-order valence-electron chi connectivity index (χ0n) is 61.2. The van der Waals surface area contributed by atoms with Crippen LogP contribution in [-0.4, -0.2) is 294 Å². The highest BCUT2D eigenvalue weighted by molar-refractivity contribution is 8.00. The van der Waals surface area contributed by atoms with Crippen LogP contribution >= 0.6 is 11.8 Å². The molecular formula is C67H117N15O23S. The molecule has 39 heteroatoms. The molecule has 604 valence electrons. The highest BCUT2D eigenvalue weighted by atomic mass is 32.2. The Labute approximate surface area is 622 Å². The van der Waals surface area contributed by atoms with Crippen molar-refractivity contribution in [2.45, 2.75) is 195 Å². The van der Waals surface area contributed by atoms with Gasteiger partial charge in [-0.3, -0.25) is 67.1 Å². The number of ketones is 3. The van der Waals surface area contributed by atoms with E-state index in [-0.39, 0.29) is 140 Å². The summed E-state index contributed by atoms with van der Waals surface area (Å²) < 4.78 is 21.8. The van der Waals surface area contributed by atoms with Gasteiger partial charge < -0.3 is 120 Å². The second kappa shape index (κ2) is 57.6. The van der Waals surface area contributed by atoms with Crippen molar-refractivity contribution in [1.82, 2.24) is 69.1 Å². The van der Waals surface area contributed by atoms with Gasteiger partial charge in [0.25, 0.3) is 0 Å². The number of carbonyl (C=O) groups is 15. The summed E-state index contributed by atoms with van der Waals surface area (Å²) in [5, 5.41) is 73.9. The predicted octanol–water partition coefficient (Wildman–Crippen LogP) is -6.24. The van der Waals surface area contributed by atoms with Crippen LogP contribution in [0.1, 0.15) is 141 Å². The monoisotopic (exact) mass is 1530 g/mol. The van der Waals surface area contributed by atoms with E-state index in [9.17, 15) is 92.3 Å². The zero-order valence-corrected chi connectivity index (χ0v) is 62.0. The minimum Gasteiger partial charge on any atom is -0.394 e. The number of aliphatic hydroxyl groups excluding tert-OH is 4. The molecule has 0 spiro atoms. The molecule has 10 atom stereocenters. The van der Waals surface area contributed by atoms with Crippen LogP contribution < -0.4 is 80.6 Å². The number of aliphatic hydroxyl groups is 4. The molecule has 13 amide bonds. The number of thioether (sulfide) groups is 1. The van der Waals surface area contributed by atoms with Crippen LogP contribution in [0.15, 0.2) is 0 Å². The van der Waals surface area contributed by atoms with Gasteiger partial charge in [-0.15, -0.1) is 0 Å². The Hall–Kier alpha value is -7.60. The van der Waals surface area contributed by atoms with E-state index in [0.29, 0.717) is 76.2 Å². The number of unbranched alkanes of at least 4 members (excludes halogenated alkanes) is 5. The van der Waals surface area contributed by atoms with Crippen LogP contribution in [0.5, 0.6) is 0 Å². The number of amides is 13. The van der Waals surface area contributed by atoms with Crippen LogP contribution in [0.4, 0.5) is 4.79 Å². The number of Topliss-reactive ketones (excluding diaryl/α,β-unsaturated/α-hetero) is 3. The SMILES string of the molecule is CN[C@@H](CCCCNC(=O)[C@H](CCCCNC(=O)[C@H](CO)NC(=O)CCC(=O)[C@H](CO)NC(=O)CCCC(=O)N[C@@H](CO)C(=O)CCC(=O)N[C@@H](CO)C(=O)NCCCC[C@H](NC)C(N)=O)CC(=O)COCCOCCNC(=O)COCCOCCNC(=O)CCCCC[C@@H]1SC[C@@H]2NC(=O)N[C@@H]21)C(N)=O. The molecule has 0 aromatic rings. The van der Waals surface area contributed by atoms with Gasteiger partial charge in [-0.05, 0) is 84.7 Å². The summed E-state index contributed by atoms with van der Waals surface area (Å²) in [7, 11) is 3.20. The van der Waals surface area contributed by atoms with Gasteiger partial charge in [0.05, 0.1) is 90.2 Å². The Morgan fingerprint density at radius 3 is 1.35 bits per heavy atom. The van der Waals surface area contributed by atoms with Crippen molar-refractivity contribution in [3.63, 3.8) is 0 Å². The van der Waals surface area contributed by atoms with E-state index in [0.717, 1.165) is 31.4 Å². The summed E-state index contributed by atoms with van der Waals surface area (Å²) >= 11 is 1.88. The Kier molecular flexibility index (Phi) is 51.3. The first-order chi connectivity index (χ1) is 50.9. The third kappa shape index (κ3) is 42.7. The summed E-state index contributed by atoms with van der Waals surface area (Å²) in [4.78, 5) is 187. The van der Waals surface area contributed by atoms with Gasteiger partial charge >= 0.3 is 6.03 Å². The first-order valence-electron chi connectivity index (χ1n) is 36.4. The molecule has 38 nitrogen and oxygen atoms in total. The highest BCUT2D eigenvalue weighted by Gasteiger charge is 2.42. The summed E-state index contributed by atoms with van der Waals surface area (Å²) in [5.74, 6) is -8.06. The maximum Gasteiger partial charge on any atom is 0.315 e. The minimum atomic E-state index is -1.45. The molecule has 0 saturated carbocycles. The van der Waals surface area contributed by atoms with Gasteiger partial charge in [0.15, 0.2) is 17.3 Å². The number of primary amides is 2. The zero-order chi connectivity index (χ0) is 78.4. The van der Waals surface area contributed by atoms with E-state index in [4.69, 9.17) is 30.4 Å². The van der Waals surface area contributed by atoms with Crippen LogP contribution in [0.3, 0.4) is 0 Å². The van der Waals surface area contributed by atoms with E-state index in [2.05, 4.69) is 69.1 Å². The van der Waals surface area contributed by atoms with E-state index in [1.54, 1.807) is 14.1 Å². The van der Waals surface area contributed by atoms with Crippen LogP contribution in [0, 0.1) is 5.92 Å². The number of rotatable bonds is 66. The molecule has 21 N–H and O–H groups in total.